The van der Waals surface area contributed by atoms with Gasteiger partial charge in [0.15, 0.2) is 0 Å². The minimum atomic E-state index is -0.525. The second-order valence-corrected chi connectivity index (χ2v) is 5.99. The van der Waals surface area contributed by atoms with Crippen molar-refractivity contribution < 1.29 is 14.3 Å². The number of carbonyl (C=O) groups excluding carboxylic acids is 1. The third-order valence-corrected chi connectivity index (χ3v) is 4.27. The highest BCUT2D eigenvalue weighted by atomic mass is 16.5. The molecular formula is C19H17N5O3. The summed E-state index contributed by atoms with van der Waals surface area (Å²) in [6.07, 6.45) is 0. The molecule has 0 spiro atoms. The molecule has 136 valence electrons. The largest absolute Gasteiger partial charge is 0.466 e. The molecule has 4 rings (SSSR count). The van der Waals surface area contributed by atoms with Crippen molar-refractivity contribution in [2.75, 3.05) is 12.4 Å². The molecule has 8 nitrogen and oxygen atoms in total. The number of hydrogen-bond acceptors (Lipinski definition) is 7. The summed E-state index contributed by atoms with van der Waals surface area (Å²) in [6.45, 7) is 1.79. The zero-order valence-electron chi connectivity index (χ0n) is 14.8. The molecule has 0 bridgehead atoms. The Kier molecular flexibility index (Phi) is 4.29. The molecule has 0 saturated heterocycles. The third kappa shape index (κ3) is 3.12. The number of tetrazole rings is 1. The zero-order valence-corrected chi connectivity index (χ0v) is 14.8. The van der Waals surface area contributed by atoms with Crippen LogP contribution in [0, 0.1) is 0 Å². The van der Waals surface area contributed by atoms with Crippen LogP contribution in [-0.2, 0) is 9.53 Å². The first kappa shape index (κ1) is 16.8. The van der Waals surface area contributed by atoms with Crippen LogP contribution in [0.3, 0.4) is 0 Å². The number of benzene rings is 2. The molecule has 3 aromatic rings. The summed E-state index contributed by atoms with van der Waals surface area (Å²) in [4.78, 5) is 12.4. The number of methoxy groups -OCH3 is 1. The number of fused-ring (bicyclic) bond motifs is 1. The smallest absolute Gasteiger partial charge is 0.338 e. The van der Waals surface area contributed by atoms with Crippen LogP contribution in [0.4, 0.5) is 5.95 Å². The molecular weight excluding hydrogens is 346 g/mol. The van der Waals surface area contributed by atoms with Crippen LogP contribution in [0.5, 0.6) is 11.5 Å². The maximum absolute atomic E-state index is 12.4. The van der Waals surface area contributed by atoms with E-state index in [4.69, 9.17) is 9.47 Å². The first-order chi connectivity index (χ1) is 13.2. The molecule has 1 aromatic heterocycles. The topological polar surface area (TPSA) is 91.2 Å². The van der Waals surface area contributed by atoms with Gasteiger partial charge >= 0.3 is 5.97 Å². The van der Waals surface area contributed by atoms with Crippen LogP contribution in [0.15, 0.2) is 65.9 Å². The summed E-state index contributed by atoms with van der Waals surface area (Å²) in [6, 6.07) is 16.4. The number of esters is 1. The summed E-state index contributed by atoms with van der Waals surface area (Å²) in [7, 11) is 1.35. The number of nitrogens with one attached hydrogen (secondary N) is 1. The van der Waals surface area contributed by atoms with Crippen molar-refractivity contribution in [3.63, 3.8) is 0 Å². The molecule has 0 aliphatic carbocycles. The Hall–Kier alpha value is -3.68. The lowest BCUT2D eigenvalue weighted by molar-refractivity contribution is -0.136. The van der Waals surface area contributed by atoms with Gasteiger partial charge in [0.05, 0.1) is 12.7 Å². The lowest BCUT2D eigenvalue weighted by Crippen LogP contribution is -2.29. The average Bonchev–Trinajstić information content (AvgIpc) is 3.15. The van der Waals surface area contributed by atoms with E-state index in [2.05, 4.69) is 20.8 Å². The molecule has 1 aliphatic heterocycles. The zero-order chi connectivity index (χ0) is 18.8. The summed E-state index contributed by atoms with van der Waals surface area (Å²) < 4.78 is 12.5. The Morgan fingerprint density at radius 1 is 1.11 bits per heavy atom. The van der Waals surface area contributed by atoms with Crippen LogP contribution in [0.1, 0.15) is 18.5 Å². The van der Waals surface area contributed by atoms with E-state index in [1.54, 1.807) is 11.6 Å². The Morgan fingerprint density at radius 2 is 1.89 bits per heavy atom. The van der Waals surface area contributed by atoms with E-state index in [0.717, 1.165) is 11.3 Å². The van der Waals surface area contributed by atoms with Gasteiger partial charge in [0.25, 0.3) is 0 Å². The van der Waals surface area contributed by atoms with Gasteiger partial charge in [0, 0.05) is 5.70 Å². The van der Waals surface area contributed by atoms with Crippen molar-refractivity contribution in [1.29, 1.82) is 0 Å². The number of anilines is 1. The monoisotopic (exact) mass is 363 g/mol. The summed E-state index contributed by atoms with van der Waals surface area (Å²) >= 11 is 0. The van der Waals surface area contributed by atoms with Gasteiger partial charge in [-0.1, -0.05) is 35.4 Å². The highest BCUT2D eigenvalue weighted by Gasteiger charge is 2.34. The van der Waals surface area contributed by atoms with Crippen LogP contribution in [0.2, 0.25) is 0 Å². The van der Waals surface area contributed by atoms with E-state index in [-0.39, 0.29) is 0 Å². The number of rotatable bonds is 4. The Bertz CT molecular complexity index is 1010. The van der Waals surface area contributed by atoms with Crippen molar-refractivity contribution in [2.45, 2.75) is 13.0 Å². The summed E-state index contributed by atoms with van der Waals surface area (Å²) in [5.74, 6) is 1.39. The first-order valence-corrected chi connectivity index (χ1v) is 8.34. The van der Waals surface area contributed by atoms with E-state index < -0.39 is 12.0 Å². The second kappa shape index (κ2) is 6.91. The molecule has 0 unspecified atom stereocenters. The van der Waals surface area contributed by atoms with Crippen LogP contribution < -0.4 is 10.1 Å². The normalized spacial score (nSPS) is 15.7. The van der Waals surface area contributed by atoms with Gasteiger partial charge in [-0.15, -0.1) is 0 Å². The molecule has 0 fully saturated rings. The summed E-state index contributed by atoms with van der Waals surface area (Å²) in [5.41, 5.74) is 1.89. The molecule has 1 atom stereocenters. The lowest BCUT2D eigenvalue weighted by atomic mass is 9.95. The van der Waals surface area contributed by atoms with E-state index in [9.17, 15) is 4.79 Å². The second-order valence-electron chi connectivity index (χ2n) is 5.99. The molecule has 1 aliphatic rings. The van der Waals surface area contributed by atoms with Crippen molar-refractivity contribution in [3.05, 3.63) is 71.4 Å². The SMILES string of the molecule is COC(=O)C1=C(C)Nc2nnnn2[C@@H]1c1cccc(Oc2ccccc2)c1. The predicted octanol–water partition coefficient (Wildman–Crippen LogP) is 2.93. The quantitative estimate of drug-likeness (QED) is 0.713. The highest BCUT2D eigenvalue weighted by molar-refractivity contribution is 5.92. The van der Waals surface area contributed by atoms with Gasteiger partial charge in [-0.3, -0.25) is 0 Å². The Morgan fingerprint density at radius 3 is 2.67 bits per heavy atom. The highest BCUT2D eigenvalue weighted by Crippen LogP contribution is 2.36. The molecule has 2 aromatic carbocycles. The molecule has 2 heterocycles. The number of para-hydroxylation sites is 1. The number of hydrogen-bond donors (Lipinski definition) is 1. The van der Waals surface area contributed by atoms with Crippen LogP contribution in [0.25, 0.3) is 0 Å². The van der Waals surface area contributed by atoms with Crippen molar-refractivity contribution in [1.82, 2.24) is 20.2 Å². The molecule has 0 radical (unpaired) electrons. The van der Waals surface area contributed by atoms with Gasteiger partial charge < -0.3 is 14.8 Å². The standard InChI is InChI=1S/C19H17N5O3/c1-12-16(18(25)26-2)17(24-19(20-12)21-22-23-24)13-7-6-10-15(11-13)27-14-8-4-3-5-9-14/h3-11,17H,1-2H3,(H,20,21,23)/t17-/m1/s1. The van der Waals surface area contributed by atoms with Gasteiger partial charge in [0.2, 0.25) is 5.95 Å². The maximum atomic E-state index is 12.4. The van der Waals surface area contributed by atoms with Crippen molar-refractivity contribution in [2.24, 2.45) is 0 Å². The molecule has 0 amide bonds. The maximum Gasteiger partial charge on any atom is 0.338 e. The fourth-order valence-electron chi connectivity index (χ4n) is 3.07. The number of aromatic nitrogens is 4. The van der Waals surface area contributed by atoms with Crippen LogP contribution >= 0.6 is 0 Å². The fourth-order valence-corrected chi connectivity index (χ4v) is 3.07. The number of allylic oxidation sites excluding steroid dienone is 1. The van der Waals surface area contributed by atoms with Gasteiger partial charge in [-0.25, -0.2) is 4.79 Å². The Labute approximate surface area is 155 Å². The number of carbonyl (C=O) groups is 1. The van der Waals surface area contributed by atoms with Gasteiger partial charge in [-0.2, -0.15) is 4.68 Å². The minimum Gasteiger partial charge on any atom is -0.466 e. The van der Waals surface area contributed by atoms with E-state index in [1.807, 2.05) is 54.6 Å². The van der Waals surface area contributed by atoms with Crippen molar-refractivity contribution >= 4 is 11.9 Å². The summed E-state index contributed by atoms with van der Waals surface area (Å²) in [5, 5.41) is 14.8. The first-order valence-electron chi connectivity index (χ1n) is 8.34. The fraction of sp³-hybridized carbons (Fsp3) is 0.158. The van der Waals surface area contributed by atoms with Gasteiger partial charge in [0.1, 0.15) is 17.5 Å². The number of ether oxygens (including phenoxy) is 2. The predicted molar refractivity (Wildman–Crippen MR) is 97.3 cm³/mol. The Balaban J connectivity index is 1.77. The minimum absolute atomic E-state index is 0.439. The average molecular weight is 363 g/mol. The van der Waals surface area contributed by atoms with Crippen LogP contribution in [-0.4, -0.2) is 33.3 Å². The van der Waals surface area contributed by atoms with E-state index in [0.29, 0.717) is 23.0 Å². The molecule has 1 N–H and O–H groups in total. The number of nitrogens with zero attached hydrogens (tertiary/aromatic N) is 4. The van der Waals surface area contributed by atoms with E-state index >= 15 is 0 Å². The lowest BCUT2D eigenvalue weighted by Gasteiger charge is -2.27. The van der Waals surface area contributed by atoms with Gasteiger partial charge in [-0.05, 0) is 47.2 Å². The molecule has 0 saturated carbocycles. The molecule has 27 heavy (non-hydrogen) atoms. The van der Waals surface area contributed by atoms with E-state index in [1.165, 1.54) is 7.11 Å². The molecule has 8 heteroatoms. The van der Waals surface area contributed by atoms with Crippen molar-refractivity contribution in [3.8, 4) is 11.5 Å². The third-order valence-electron chi connectivity index (χ3n) is 4.27.